The van der Waals surface area contributed by atoms with Crippen molar-refractivity contribution in [1.29, 1.82) is 0 Å². The zero-order chi connectivity index (χ0) is 6.27. The zero-order valence-electron chi connectivity index (χ0n) is 5.00. The fourth-order valence-corrected chi connectivity index (χ4v) is 1.19. The summed E-state index contributed by atoms with van der Waals surface area (Å²) < 4.78 is 10.2. The van der Waals surface area contributed by atoms with Gasteiger partial charge in [0.05, 0.1) is 12.7 Å². The topological polar surface area (TPSA) is 35.5 Å². The molecule has 3 heteroatoms. The lowest BCUT2D eigenvalue weighted by atomic mass is 10.1. The van der Waals surface area contributed by atoms with Crippen LogP contribution >= 0.6 is 0 Å². The van der Waals surface area contributed by atoms with Crippen LogP contribution in [0.1, 0.15) is 12.8 Å². The molecule has 2 aliphatic rings. The molecular weight excluding hydrogens is 120 g/mol. The van der Waals surface area contributed by atoms with Gasteiger partial charge in [-0.05, 0) is 6.42 Å². The third kappa shape index (κ3) is 0.767. The van der Waals surface area contributed by atoms with Crippen LogP contribution in [0.3, 0.4) is 0 Å². The van der Waals surface area contributed by atoms with E-state index in [4.69, 9.17) is 9.47 Å². The maximum Gasteiger partial charge on any atom is 0.218 e. The van der Waals surface area contributed by atoms with Gasteiger partial charge >= 0.3 is 0 Å². The summed E-state index contributed by atoms with van der Waals surface area (Å²) in [5.41, 5.74) is 0. The number of rotatable bonds is 0. The normalized spacial score (nSPS) is 41.6. The first-order valence-corrected chi connectivity index (χ1v) is 3.16. The average Bonchev–Trinajstić information content (AvgIpc) is 2.25. The third-order valence-electron chi connectivity index (χ3n) is 1.73. The molecule has 2 rings (SSSR count). The summed E-state index contributed by atoms with van der Waals surface area (Å²) in [6.07, 6.45) is 1.17. The first-order valence-electron chi connectivity index (χ1n) is 3.16. The van der Waals surface area contributed by atoms with Gasteiger partial charge in [-0.1, -0.05) is 0 Å². The van der Waals surface area contributed by atoms with Crippen LogP contribution in [0.4, 0.5) is 0 Å². The summed E-state index contributed by atoms with van der Waals surface area (Å²) in [6.45, 7) is 0.608. The summed E-state index contributed by atoms with van der Waals surface area (Å²) in [5.74, 6) is 0.101. The second kappa shape index (κ2) is 1.78. The summed E-state index contributed by atoms with van der Waals surface area (Å²) in [4.78, 5) is 10.8. The minimum Gasteiger partial charge on any atom is -0.343 e. The fourth-order valence-electron chi connectivity index (χ4n) is 1.19. The molecule has 0 aliphatic carbocycles. The summed E-state index contributed by atoms with van der Waals surface area (Å²) >= 11 is 0. The van der Waals surface area contributed by atoms with Crippen LogP contribution in [0.15, 0.2) is 0 Å². The lowest BCUT2D eigenvalue weighted by molar-refractivity contribution is -0.152. The van der Waals surface area contributed by atoms with E-state index >= 15 is 0 Å². The molecule has 2 saturated heterocycles. The molecule has 3 nitrogen and oxygen atoms in total. The van der Waals surface area contributed by atoms with Crippen LogP contribution in [0.5, 0.6) is 0 Å². The number of Topliss-reactive ketones (excluding diaryl/α,β-unsaturated/α-hetero) is 1. The molecule has 2 aliphatic heterocycles. The maximum absolute atomic E-state index is 10.8. The lowest BCUT2D eigenvalue weighted by Gasteiger charge is -2.15. The van der Waals surface area contributed by atoms with Crippen molar-refractivity contribution in [3.63, 3.8) is 0 Å². The van der Waals surface area contributed by atoms with Gasteiger partial charge in [-0.25, -0.2) is 0 Å². The first kappa shape index (κ1) is 5.38. The number of ketones is 1. The molecule has 2 bridgehead atoms. The quantitative estimate of drug-likeness (QED) is 0.464. The van der Waals surface area contributed by atoms with Crippen LogP contribution in [0, 0.1) is 0 Å². The molecule has 2 heterocycles. The van der Waals surface area contributed by atoms with E-state index in [2.05, 4.69) is 0 Å². The summed E-state index contributed by atoms with van der Waals surface area (Å²) in [5, 5.41) is 0. The van der Waals surface area contributed by atoms with Crippen LogP contribution in [-0.4, -0.2) is 24.8 Å². The van der Waals surface area contributed by atoms with Gasteiger partial charge in [0.2, 0.25) is 6.29 Å². The van der Waals surface area contributed by atoms with E-state index < -0.39 is 6.29 Å². The predicted molar refractivity (Wildman–Crippen MR) is 28.9 cm³/mol. The summed E-state index contributed by atoms with van der Waals surface area (Å²) in [6, 6.07) is 0. The Labute approximate surface area is 52.9 Å². The lowest BCUT2D eigenvalue weighted by Crippen LogP contribution is -2.27. The molecule has 9 heavy (non-hydrogen) atoms. The van der Waals surface area contributed by atoms with Crippen molar-refractivity contribution >= 4 is 5.78 Å². The van der Waals surface area contributed by atoms with Crippen molar-refractivity contribution in [2.45, 2.75) is 25.2 Å². The second-order valence-electron chi connectivity index (χ2n) is 2.43. The van der Waals surface area contributed by atoms with E-state index in [1.54, 1.807) is 0 Å². The number of hydrogen-bond acceptors (Lipinski definition) is 3. The van der Waals surface area contributed by atoms with Crippen molar-refractivity contribution < 1.29 is 14.3 Å². The Balaban J connectivity index is 2.14. The molecule has 0 radical (unpaired) electrons. The Kier molecular flexibility index (Phi) is 1.07. The monoisotopic (exact) mass is 128 g/mol. The molecular formula is C6H8O3. The number of hydrogen-bond donors (Lipinski definition) is 0. The molecule has 0 aromatic carbocycles. The van der Waals surface area contributed by atoms with Crippen molar-refractivity contribution in [2.24, 2.45) is 0 Å². The largest absolute Gasteiger partial charge is 0.343 e. The molecule has 0 aromatic rings. The first-order chi connectivity index (χ1) is 4.36. The Morgan fingerprint density at radius 3 is 3.22 bits per heavy atom. The van der Waals surface area contributed by atoms with Gasteiger partial charge in [0.15, 0.2) is 5.78 Å². The molecule has 0 spiro atoms. The highest BCUT2D eigenvalue weighted by atomic mass is 16.7. The van der Waals surface area contributed by atoms with E-state index in [0.29, 0.717) is 13.0 Å². The Morgan fingerprint density at radius 1 is 1.56 bits per heavy atom. The minimum absolute atomic E-state index is 0.101. The second-order valence-corrected chi connectivity index (χ2v) is 2.43. The van der Waals surface area contributed by atoms with Gasteiger partial charge in [-0.15, -0.1) is 0 Å². The van der Waals surface area contributed by atoms with Gasteiger partial charge in [0.25, 0.3) is 0 Å². The number of ether oxygens (including phenoxy) is 2. The molecule has 2 atom stereocenters. The molecule has 0 aromatic heterocycles. The van der Waals surface area contributed by atoms with Gasteiger partial charge in [0, 0.05) is 6.42 Å². The maximum atomic E-state index is 10.8. The summed E-state index contributed by atoms with van der Waals surface area (Å²) in [7, 11) is 0. The van der Waals surface area contributed by atoms with Gasteiger partial charge < -0.3 is 9.47 Å². The molecule has 50 valence electrons. The van der Waals surface area contributed by atoms with Gasteiger partial charge in [-0.2, -0.15) is 0 Å². The molecule has 0 amide bonds. The smallest absolute Gasteiger partial charge is 0.218 e. The van der Waals surface area contributed by atoms with E-state index in [1.807, 2.05) is 0 Å². The molecule has 0 saturated carbocycles. The Morgan fingerprint density at radius 2 is 2.44 bits per heavy atom. The molecule has 2 fully saturated rings. The van der Waals surface area contributed by atoms with Crippen LogP contribution in [0.25, 0.3) is 0 Å². The van der Waals surface area contributed by atoms with Crippen molar-refractivity contribution in [1.82, 2.24) is 0 Å². The highest BCUT2D eigenvalue weighted by Gasteiger charge is 2.36. The Bertz CT molecular complexity index is 143. The van der Waals surface area contributed by atoms with E-state index in [0.717, 1.165) is 6.42 Å². The Hall–Kier alpha value is -0.410. The van der Waals surface area contributed by atoms with E-state index in [9.17, 15) is 4.79 Å². The van der Waals surface area contributed by atoms with Crippen LogP contribution < -0.4 is 0 Å². The van der Waals surface area contributed by atoms with Crippen molar-refractivity contribution in [3.8, 4) is 0 Å². The minimum atomic E-state index is -0.510. The highest BCUT2D eigenvalue weighted by Crippen LogP contribution is 2.23. The highest BCUT2D eigenvalue weighted by molar-refractivity contribution is 5.82. The fraction of sp³-hybridized carbons (Fsp3) is 0.833. The molecule has 0 unspecified atom stereocenters. The van der Waals surface area contributed by atoms with Gasteiger partial charge in [-0.3, -0.25) is 4.79 Å². The zero-order valence-corrected chi connectivity index (χ0v) is 5.00. The number of carbonyl (C=O) groups is 1. The van der Waals surface area contributed by atoms with Crippen molar-refractivity contribution in [2.75, 3.05) is 6.61 Å². The SMILES string of the molecule is O=C1CC[C@@H]2CO[C@@H]1O2. The van der Waals surface area contributed by atoms with E-state index in [-0.39, 0.29) is 11.9 Å². The number of fused-ring (bicyclic) bond motifs is 2. The predicted octanol–water partition coefficient (Wildman–Crippen LogP) is 0.0908. The van der Waals surface area contributed by atoms with Crippen molar-refractivity contribution in [3.05, 3.63) is 0 Å². The van der Waals surface area contributed by atoms with E-state index in [1.165, 1.54) is 0 Å². The third-order valence-corrected chi connectivity index (χ3v) is 1.73. The van der Waals surface area contributed by atoms with Crippen LogP contribution in [0.2, 0.25) is 0 Å². The average molecular weight is 128 g/mol. The standard InChI is InChI=1S/C6H8O3/c7-5-2-1-4-3-8-6(5)9-4/h4,6H,1-3H2/t4-,6-/m1/s1. The van der Waals surface area contributed by atoms with Gasteiger partial charge in [0.1, 0.15) is 0 Å². The van der Waals surface area contributed by atoms with Crippen LogP contribution in [-0.2, 0) is 14.3 Å². The number of carbonyl (C=O) groups excluding carboxylic acids is 1. The molecule has 0 N–H and O–H groups in total.